The fourth-order valence-electron chi connectivity index (χ4n) is 2.65. The van der Waals surface area contributed by atoms with E-state index >= 15 is 0 Å². The summed E-state index contributed by atoms with van der Waals surface area (Å²) in [5.74, 6) is -0.700. The van der Waals surface area contributed by atoms with Gasteiger partial charge in [-0.25, -0.2) is 4.79 Å². The van der Waals surface area contributed by atoms with Gasteiger partial charge in [-0.3, -0.25) is 4.79 Å². The van der Waals surface area contributed by atoms with Crippen LogP contribution in [-0.2, 0) is 9.53 Å². The molecule has 0 bridgehead atoms. The summed E-state index contributed by atoms with van der Waals surface area (Å²) in [5, 5.41) is 12.1. The molecule has 2 N–H and O–H groups in total. The van der Waals surface area contributed by atoms with E-state index in [-0.39, 0.29) is 12.8 Å². The summed E-state index contributed by atoms with van der Waals surface area (Å²) in [6.45, 7) is 3.45. The predicted molar refractivity (Wildman–Crippen MR) is 89.3 cm³/mol. The Morgan fingerprint density at radius 1 is 1.21 bits per heavy atom. The molecular weight excluding hydrogens is 310 g/mol. The van der Waals surface area contributed by atoms with Crippen molar-refractivity contribution in [3.8, 4) is 5.75 Å². The zero-order valence-electron chi connectivity index (χ0n) is 14.0. The van der Waals surface area contributed by atoms with Crippen molar-refractivity contribution >= 4 is 11.9 Å². The highest BCUT2D eigenvalue weighted by Gasteiger charge is 2.41. The summed E-state index contributed by atoms with van der Waals surface area (Å²) in [6, 6.07) is 6.77. The molecule has 0 unspecified atom stereocenters. The van der Waals surface area contributed by atoms with Crippen LogP contribution in [0, 0.1) is 0 Å². The second-order valence-electron chi connectivity index (χ2n) is 6.03. The quantitative estimate of drug-likeness (QED) is 0.713. The van der Waals surface area contributed by atoms with Gasteiger partial charge in [0.25, 0.3) is 5.91 Å². The number of benzene rings is 1. The van der Waals surface area contributed by atoms with Crippen LogP contribution in [0.4, 0.5) is 0 Å². The minimum atomic E-state index is -1.25. The average molecular weight is 335 g/mol. The maximum atomic E-state index is 12.4. The van der Waals surface area contributed by atoms with E-state index in [1.54, 1.807) is 24.3 Å². The van der Waals surface area contributed by atoms with E-state index in [1.165, 1.54) is 0 Å². The van der Waals surface area contributed by atoms with Crippen LogP contribution >= 0.6 is 0 Å². The number of carboxylic acids is 1. The Hall–Kier alpha value is -2.08. The van der Waals surface area contributed by atoms with Gasteiger partial charge < -0.3 is 19.9 Å². The molecule has 1 fully saturated rings. The van der Waals surface area contributed by atoms with Crippen LogP contribution in [0.25, 0.3) is 0 Å². The van der Waals surface area contributed by atoms with E-state index in [0.717, 1.165) is 19.3 Å². The summed E-state index contributed by atoms with van der Waals surface area (Å²) in [6.07, 6.45) is 3.81. The number of hydrogen-bond donors (Lipinski definition) is 2. The number of nitrogens with one attached hydrogen (secondary N) is 1. The molecule has 0 saturated carbocycles. The largest absolute Gasteiger partial charge is 0.494 e. The van der Waals surface area contributed by atoms with Crippen LogP contribution in [-0.4, -0.2) is 42.3 Å². The molecule has 24 heavy (non-hydrogen) atoms. The number of rotatable bonds is 8. The Morgan fingerprint density at radius 3 is 2.46 bits per heavy atom. The van der Waals surface area contributed by atoms with Gasteiger partial charge >= 0.3 is 5.97 Å². The van der Waals surface area contributed by atoms with Gasteiger partial charge in [-0.05, 0) is 30.7 Å². The molecule has 1 aromatic rings. The Bertz CT molecular complexity index is 549. The maximum absolute atomic E-state index is 12.4. The lowest BCUT2D eigenvalue weighted by Crippen LogP contribution is -2.57. The molecule has 0 radical (unpaired) electrons. The molecule has 1 heterocycles. The molecule has 0 aromatic heterocycles. The number of hydrogen-bond acceptors (Lipinski definition) is 4. The van der Waals surface area contributed by atoms with E-state index in [1.807, 2.05) is 0 Å². The molecule has 2 rings (SSSR count). The molecule has 1 saturated heterocycles. The number of unbranched alkanes of at least 4 members (excludes halogenated alkanes) is 2. The summed E-state index contributed by atoms with van der Waals surface area (Å²) in [4.78, 5) is 24.0. The van der Waals surface area contributed by atoms with Gasteiger partial charge in [0.05, 0.1) is 6.61 Å². The zero-order valence-corrected chi connectivity index (χ0v) is 14.0. The Balaban J connectivity index is 1.95. The van der Waals surface area contributed by atoms with Gasteiger partial charge in [0.15, 0.2) is 0 Å². The van der Waals surface area contributed by atoms with E-state index in [4.69, 9.17) is 9.47 Å². The van der Waals surface area contributed by atoms with Gasteiger partial charge in [-0.15, -0.1) is 0 Å². The molecule has 0 spiro atoms. The highest BCUT2D eigenvalue weighted by Crippen LogP contribution is 2.22. The van der Waals surface area contributed by atoms with Crippen molar-refractivity contribution in [1.29, 1.82) is 0 Å². The number of carboxylic acid groups (broad SMARTS) is 1. The van der Waals surface area contributed by atoms with Crippen LogP contribution in [0.15, 0.2) is 24.3 Å². The maximum Gasteiger partial charge on any atom is 0.329 e. The normalized spacial score (nSPS) is 16.4. The van der Waals surface area contributed by atoms with Gasteiger partial charge in [0.1, 0.15) is 11.3 Å². The van der Waals surface area contributed by atoms with Crippen molar-refractivity contribution < 1.29 is 24.2 Å². The van der Waals surface area contributed by atoms with Crippen LogP contribution in [0.1, 0.15) is 49.4 Å². The van der Waals surface area contributed by atoms with Gasteiger partial charge in [0.2, 0.25) is 0 Å². The van der Waals surface area contributed by atoms with Crippen LogP contribution < -0.4 is 10.1 Å². The summed E-state index contributed by atoms with van der Waals surface area (Å²) in [5.41, 5.74) is -0.826. The molecule has 6 heteroatoms. The molecule has 1 aliphatic heterocycles. The van der Waals surface area contributed by atoms with Gasteiger partial charge in [-0.1, -0.05) is 19.8 Å². The molecule has 0 aliphatic carbocycles. The SMILES string of the molecule is CCCCCOc1ccc(C(=O)NC2(C(=O)O)CCOCC2)cc1. The second kappa shape index (κ2) is 8.68. The Labute approximate surface area is 142 Å². The first-order valence-corrected chi connectivity index (χ1v) is 8.44. The highest BCUT2D eigenvalue weighted by atomic mass is 16.5. The lowest BCUT2D eigenvalue weighted by Gasteiger charge is -2.33. The van der Waals surface area contributed by atoms with Gasteiger partial charge in [0, 0.05) is 31.6 Å². The zero-order chi connectivity index (χ0) is 17.4. The molecular formula is C18H25NO5. The average Bonchev–Trinajstić information content (AvgIpc) is 2.60. The smallest absolute Gasteiger partial charge is 0.329 e. The Kier molecular flexibility index (Phi) is 6.61. The number of ether oxygens (including phenoxy) is 2. The first kappa shape index (κ1) is 18.3. The van der Waals surface area contributed by atoms with Crippen molar-refractivity contribution in [3.63, 3.8) is 0 Å². The minimum absolute atomic E-state index is 0.271. The van der Waals surface area contributed by atoms with Crippen molar-refractivity contribution in [2.24, 2.45) is 0 Å². The van der Waals surface area contributed by atoms with Crippen molar-refractivity contribution in [1.82, 2.24) is 5.32 Å². The fraction of sp³-hybridized carbons (Fsp3) is 0.556. The second-order valence-corrected chi connectivity index (χ2v) is 6.03. The van der Waals surface area contributed by atoms with Crippen LogP contribution in [0.2, 0.25) is 0 Å². The number of aliphatic carboxylic acids is 1. The lowest BCUT2D eigenvalue weighted by atomic mass is 9.89. The third-order valence-electron chi connectivity index (χ3n) is 4.24. The third-order valence-corrected chi connectivity index (χ3v) is 4.24. The van der Waals surface area contributed by atoms with E-state index in [0.29, 0.717) is 31.1 Å². The van der Waals surface area contributed by atoms with Crippen molar-refractivity contribution in [3.05, 3.63) is 29.8 Å². The van der Waals surface area contributed by atoms with Crippen LogP contribution in [0.3, 0.4) is 0 Å². The Morgan fingerprint density at radius 2 is 1.88 bits per heavy atom. The van der Waals surface area contributed by atoms with Crippen molar-refractivity contribution in [2.45, 2.75) is 44.6 Å². The molecule has 1 aliphatic rings. The summed E-state index contributed by atoms with van der Waals surface area (Å²) in [7, 11) is 0. The van der Waals surface area contributed by atoms with Crippen molar-refractivity contribution in [2.75, 3.05) is 19.8 Å². The van der Waals surface area contributed by atoms with E-state index < -0.39 is 17.4 Å². The molecule has 0 atom stereocenters. The monoisotopic (exact) mass is 335 g/mol. The van der Waals surface area contributed by atoms with Crippen LogP contribution in [0.5, 0.6) is 5.75 Å². The summed E-state index contributed by atoms with van der Waals surface area (Å²) >= 11 is 0. The minimum Gasteiger partial charge on any atom is -0.494 e. The fourth-order valence-corrected chi connectivity index (χ4v) is 2.65. The number of carbonyl (C=O) groups is 2. The van der Waals surface area contributed by atoms with Gasteiger partial charge in [-0.2, -0.15) is 0 Å². The highest BCUT2D eigenvalue weighted by molar-refractivity contribution is 5.98. The first-order valence-electron chi connectivity index (χ1n) is 8.44. The van der Waals surface area contributed by atoms with E-state index in [9.17, 15) is 14.7 Å². The number of carbonyl (C=O) groups excluding carboxylic acids is 1. The molecule has 132 valence electrons. The molecule has 1 amide bonds. The lowest BCUT2D eigenvalue weighted by molar-refractivity contribution is -0.148. The van der Waals surface area contributed by atoms with E-state index in [2.05, 4.69) is 12.2 Å². The molecule has 1 aromatic carbocycles. The predicted octanol–water partition coefficient (Wildman–Crippen LogP) is 2.62. The first-order chi connectivity index (χ1) is 11.6. The third kappa shape index (κ3) is 4.71. The summed E-state index contributed by atoms with van der Waals surface area (Å²) < 4.78 is 10.8. The topological polar surface area (TPSA) is 84.9 Å². The number of amides is 1. The molecule has 6 nitrogen and oxygen atoms in total. The standard InChI is InChI=1S/C18H25NO5/c1-2-3-4-11-24-15-7-5-14(6-8-15)16(20)19-18(17(21)22)9-12-23-13-10-18/h5-8H,2-4,9-13H2,1H3,(H,19,20)(H,21,22).